The van der Waals surface area contributed by atoms with E-state index < -0.39 is 0 Å². The molecule has 1 aromatic carbocycles. The summed E-state index contributed by atoms with van der Waals surface area (Å²) in [6.45, 7) is 1.99. The van der Waals surface area contributed by atoms with Gasteiger partial charge in [0.25, 0.3) is 0 Å². The molecule has 0 unspecified atom stereocenters. The number of nitrogens with one attached hydrogen (secondary N) is 1. The predicted molar refractivity (Wildman–Crippen MR) is 40.7 cm³/mol. The van der Waals surface area contributed by atoms with Crippen LogP contribution < -0.4 is 5.32 Å². The van der Waals surface area contributed by atoms with Crippen LogP contribution in [0.3, 0.4) is 0 Å². The van der Waals surface area contributed by atoms with Crippen LogP contribution in [0, 0.1) is 0 Å². The van der Waals surface area contributed by atoms with E-state index in [9.17, 15) is 0 Å². The predicted octanol–water partition coefficient (Wildman–Crippen LogP) is 1.80. The second kappa shape index (κ2) is 3.56. The van der Waals surface area contributed by atoms with Crippen LogP contribution in [-0.4, -0.2) is 4.50 Å². The van der Waals surface area contributed by atoms with E-state index >= 15 is 0 Å². The molecule has 0 aromatic heterocycles. The number of rotatable bonds is 2. The summed E-state index contributed by atoms with van der Waals surface area (Å²) >= 11 is 2.89. The molecular formula is C8H9CrN. The van der Waals surface area contributed by atoms with Crippen LogP contribution in [0.5, 0.6) is 0 Å². The zero-order valence-electron chi connectivity index (χ0n) is 5.79. The molecule has 0 saturated heterocycles. The van der Waals surface area contributed by atoms with Gasteiger partial charge in [0.15, 0.2) is 0 Å². The number of anilines is 1. The van der Waals surface area contributed by atoms with E-state index in [1.54, 1.807) is 0 Å². The summed E-state index contributed by atoms with van der Waals surface area (Å²) in [6, 6.07) is 10.1. The molecule has 2 heteroatoms. The van der Waals surface area contributed by atoms with Crippen LogP contribution in [0.4, 0.5) is 5.69 Å². The number of hydrogen-bond acceptors (Lipinski definition) is 1. The van der Waals surface area contributed by atoms with Crippen LogP contribution in [-0.2, 0) is 15.9 Å². The van der Waals surface area contributed by atoms with Crippen molar-refractivity contribution in [1.82, 2.24) is 0 Å². The van der Waals surface area contributed by atoms with Gasteiger partial charge in [0, 0.05) is 0 Å². The van der Waals surface area contributed by atoms with E-state index in [0.717, 1.165) is 10.2 Å². The summed E-state index contributed by atoms with van der Waals surface area (Å²) in [7, 11) is 0. The van der Waals surface area contributed by atoms with Crippen LogP contribution >= 0.6 is 0 Å². The number of hydrogen-bond donors (Lipinski definition) is 1. The summed E-state index contributed by atoms with van der Waals surface area (Å²) in [5, 5.41) is 3.17. The SMILES string of the molecule is C[C](=[Cr])Nc1ccccc1. The summed E-state index contributed by atoms with van der Waals surface area (Å²) in [4.78, 5) is 0. The van der Waals surface area contributed by atoms with Crippen molar-refractivity contribution in [1.29, 1.82) is 0 Å². The van der Waals surface area contributed by atoms with Crippen molar-refractivity contribution in [3.05, 3.63) is 30.3 Å². The Bertz CT molecular complexity index is 218. The molecule has 0 radical (unpaired) electrons. The standard InChI is InChI=1S/C8H9N.Cr/c1-2-9-8-6-4-3-5-7-8;/h3-7,9H,1H3;. The zero-order valence-corrected chi connectivity index (χ0v) is 7.07. The van der Waals surface area contributed by atoms with Crippen molar-refractivity contribution >= 4 is 10.2 Å². The van der Waals surface area contributed by atoms with Gasteiger partial charge in [0.05, 0.1) is 0 Å². The Morgan fingerprint density at radius 2 is 1.90 bits per heavy atom. The Kier molecular flexibility index (Phi) is 2.68. The first-order chi connectivity index (χ1) is 4.79. The van der Waals surface area contributed by atoms with Crippen molar-refractivity contribution < 1.29 is 15.9 Å². The maximum atomic E-state index is 3.17. The third-order valence-electron chi connectivity index (χ3n) is 1.09. The Hall–Kier alpha value is -0.578. The van der Waals surface area contributed by atoms with Gasteiger partial charge in [-0.15, -0.1) is 0 Å². The van der Waals surface area contributed by atoms with Gasteiger partial charge in [-0.3, -0.25) is 0 Å². The average Bonchev–Trinajstić information content (AvgIpc) is 1.88. The van der Waals surface area contributed by atoms with Crippen LogP contribution in [0.2, 0.25) is 0 Å². The minimum absolute atomic E-state index is 1.09. The summed E-state index contributed by atoms with van der Waals surface area (Å²) in [6.07, 6.45) is 0. The number of para-hydroxylation sites is 1. The van der Waals surface area contributed by atoms with Crippen molar-refractivity contribution in [3.63, 3.8) is 0 Å². The molecule has 0 aliphatic carbocycles. The molecule has 0 fully saturated rings. The van der Waals surface area contributed by atoms with Crippen molar-refractivity contribution in [2.24, 2.45) is 0 Å². The van der Waals surface area contributed by atoms with Crippen LogP contribution in [0.1, 0.15) is 6.92 Å². The molecule has 0 bridgehead atoms. The third kappa shape index (κ3) is 2.35. The molecule has 10 heavy (non-hydrogen) atoms. The molecule has 0 saturated carbocycles. The molecule has 1 aromatic rings. The third-order valence-corrected chi connectivity index (χ3v) is 1.25. The monoisotopic (exact) mass is 171 g/mol. The minimum atomic E-state index is 1.09. The summed E-state index contributed by atoms with van der Waals surface area (Å²) in [5.74, 6) is 0. The van der Waals surface area contributed by atoms with Crippen molar-refractivity contribution in [2.45, 2.75) is 6.92 Å². The topological polar surface area (TPSA) is 12.0 Å². The number of benzene rings is 1. The first kappa shape index (κ1) is 7.53. The summed E-state index contributed by atoms with van der Waals surface area (Å²) < 4.78 is 1.09. The molecule has 1 rings (SSSR count). The molecule has 52 valence electrons. The Labute approximate surface area is 69.0 Å². The van der Waals surface area contributed by atoms with E-state index in [4.69, 9.17) is 0 Å². The van der Waals surface area contributed by atoms with Gasteiger partial charge in [-0.05, 0) is 0 Å². The van der Waals surface area contributed by atoms with E-state index in [2.05, 4.69) is 21.2 Å². The van der Waals surface area contributed by atoms with E-state index in [1.165, 1.54) is 0 Å². The van der Waals surface area contributed by atoms with E-state index in [0.29, 0.717) is 0 Å². The second-order valence-electron chi connectivity index (χ2n) is 2.05. The van der Waals surface area contributed by atoms with Gasteiger partial charge >= 0.3 is 68.6 Å². The van der Waals surface area contributed by atoms with Crippen molar-refractivity contribution in [3.8, 4) is 0 Å². The normalized spacial score (nSPS) is 8.90. The Morgan fingerprint density at radius 3 is 2.40 bits per heavy atom. The molecule has 1 nitrogen and oxygen atoms in total. The zero-order chi connectivity index (χ0) is 7.40. The molecule has 0 aliphatic heterocycles. The maximum absolute atomic E-state index is 3.17. The first-order valence-electron chi connectivity index (χ1n) is 3.11. The van der Waals surface area contributed by atoms with Gasteiger partial charge in [-0.25, -0.2) is 0 Å². The molecule has 0 spiro atoms. The first-order valence-corrected chi connectivity index (χ1v) is 3.75. The molecule has 0 amide bonds. The van der Waals surface area contributed by atoms with E-state index in [-0.39, 0.29) is 0 Å². The second-order valence-corrected chi connectivity index (χ2v) is 3.00. The van der Waals surface area contributed by atoms with Crippen molar-refractivity contribution in [2.75, 3.05) is 5.32 Å². The Morgan fingerprint density at radius 1 is 1.30 bits per heavy atom. The molecular weight excluding hydrogens is 162 g/mol. The molecule has 0 atom stereocenters. The molecule has 0 aliphatic rings. The molecule has 0 heterocycles. The van der Waals surface area contributed by atoms with Crippen LogP contribution in [0.15, 0.2) is 30.3 Å². The fraction of sp³-hybridized carbons (Fsp3) is 0.125. The van der Waals surface area contributed by atoms with E-state index in [1.807, 2.05) is 37.3 Å². The Balaban J connectivity index is 2.67. The summed E-state index contributed by atoms with van der Waals surface area (Å²) in [5.41, 5.74) is 1.12. The molecule has 1 N–H and O–H groups in total. The van der Waals surface area contributed by atoms with Gasteiger partial charge in [-0.1, -0.05) is 0 Å². The van der Waals surface area contributed by atoms with Gasteiger partial charge < -0.3 is 0 Å². The average molecular weight is 171 g/mol. The van der Waals surface area contributed by atoms with Gasteiger partial charge in [0.1, 0.15) is 0 Å². The fourth-order valence-electron chi connectivity index (χ4n) is 0.725. The van der Waals surface area contributed by atoms with Gasteiger partial charge in [-0.2, -0.15) is 0 Å². The quantitative estimate of drug-likeness (QED) is 0.715. The van der Waals surface area contributed by atoms with Crippen LogP contribution in [0.25, 0.3) is 0 Å². The van der Waals surface area contributed by atoms with Gasteiger partial charge in [0.2, 0.25) is 0 Å². The fourth-order valence-corrected chi connectivity index (χ4v) is 0.909.